The van der Waals surface area contributed by atoms with Crippen molar-refractivity contribution in [2.75, 3.05) is 6.54 Å². The van der Waals surface area contributed by atoms with Crippen LogP contribution in [0.25, 0.3) is 0 Å². The van der Waals surface area contributed by atoms with Crippen molar-refractivity contribution in [3.63, 3.8) is 0 Å². The Labute approximate surface area is 85.1 Å². The largest absolute Gasteiger partial charge is 0.393 e. The first kappa shape index (κ1) is 12.4. The zero-order chi connectivity index (χ0) is 10.3. The van der Waals surface area contributed by atoms with Gasteiger partial charge in [0.25, 0.3) is 0 Å². The predicted molar refractivity (Wildman–Crippen MR) is 58.5 cm³/mol. The molecule has 0 saturated carbocycles. The van der Waals surface area contributed by atoms with Gasteiger partial charge in [-0.2, -0.15) is 0 Å². The predicted octanol–water partition coefficient (Wildman–Crippen LogP) is 1.22. The summed E-state index contributed by atoms with van der Waals surface area (Å²) in [5.41, 5.74) is 5.34. The first-order valence-electron chi connectivity index (χ1n) is 4.64. The molecule has 0 spiro atoms. The highest BCUT2D eigenvalue weighted by Gasteiger charge is 2.12. The second-order valence-electron chi connectivity index (χ2n) is 3.22. The first-order chi connectivity index (χ1) is 6.07. The number of hydrogen-bond donors (Lipinski definition) is 2. The molecule has 0 saturated heterocycles. The number of nitrogens with one attached hydrogen (secondary N) is 1. The van der Waals surface area contributed by atoms with Crippen molar-refractivity contribution < 1.29 is 4.79 Å². The summed E-state index contributed by atoms with van der Waals surface area (Å²) < 4.78 is 0. The van der Waals surface area contributed by atoms with E-state index in [2.05, 4.69) is 12.2 Å². The van der Waals surface area contributed by atoms with Gasteiger partial charge in [0.05, 0.1) is 4.99 Å². The highest BCUT2D eigenvalue weighted by molar-refractivity contribution is 7.80. The maximum absolute atomic E-state index is 11.3. The molecule has 1 amide bonds. The molecule has 0 rings (SSSR count). The van der Waals surface area contributed by atoms with Crippen LogP contribution in [-0.2, 0) is 4.79 Å². The number of unbranched alkanes of at least 4 members (excludes halogenated alkanes) is 1. The van der Waals surface area contributed by atoms with E-state index in [0.29, 0.717) is 11.4 Å². The Hall–Kier alpha value is -0.640. The van der Waals surface area contributed by atoms with Crippen LogP contribution in [0.2, 0.25) is 0 Å². The Bertz CT molecular complexity index is 182. The molecule has 0 heterocycles. The SMILES string of the molecule is CCCCNC(=O)C(C)CC(N)=S. The van der Waals surface area contributed by atoms with E-state index in [4.69, 9.17) is 18.0 Å². The fourth-order valence-corrected chi connectivity index (χ4v) is 1.21. The van der Waals surface area contributed by atoms with Crippen LogP contribution in [0.15, 0.2) is 0 Å². The van der Waals surface area contributed by atoms with Gasteiger partial charge in [-0.05, 0) is 6.42 Å². The van der Waals surface area contributed by atoms with Crippen molar-refractivity contribution in [1.82, 2.24) is 5.32 Å². The molecule has 13 heavy (non-hydrogen) atoms. The normalized spacial score (nSPS) is 12.2. The molecule has 0 aliphatic heterocycles. The summed E-state index contributed by atoms with van der Waals surface area (Å²) >= 11 is 4.72. The Morgan fingerprint density at radius 2 is 2.23 bits per heavy atom. The van der Waals surface area contributed by atoms with Crippen LogP contribution >= 0.6 is 12.2 Å². The zero-order valence-corrected chi connectivity index (χ0v) is 9.12. The average molecular weight is 202 g/mol. The van der Waals surface area contributed by atoms with Crippen molar-refractivity contribution in [2.45, 2.75) is 33.1 Å². The van der Waals surface area contributed by atoms with Crippen LogP contribution in [0.3, 0.4) is 0 Å². The Kier molecular flexibility index (Phi) is 6.49. The summed E-state index contributed by atoms with van der Waals surface area (Å²) in [5.74, 6) is -0.0596. The quantitative estimate of drug-likeness (QED) is 0.503. The van der Waals surface area contributed by atoms with Gasteiger partial charge in [-0.25, -0.2) is 0 Å². The third kappa shape index (κ3) is 6.51. The van der Waals surface area contributed by atoms with E-state index in [1.807, 2.05) is 6.92 Å². The standard InChI is InChI=1S/C9H18N2OS/c1-3-4-5-11-9(12)7(2)6-8(10)13/h7H,3-6H2,1-2H3,(H2,10,13)(H,11,12). The Morgan fingerprint density at radius 1 is 1.62 bits per heavy atom. The molecular weight excluding hydrogens is 184 g/mol. The Balaban J connectivity index is 3.63. The van der Waals surface area contributed by atoms with E-state index in [1.54, 1.807) is 0 Å². The highest BCUT2D eigenvalue weighted by Crippen LogP contribution is 2.01. The molecule has 0 aliphatic rings. The van der Waals surface area contributed by atoms with Gasteiger partial charge < -0.3 is 11.1 Å². The molecule has 76 valence electrons. The van der Waals surface area contributed by atoms with Gasteiger partial charge >= 0.3 is 0 Å². The van der Waals surface area contributed by atoms with Crippen LogP contribution in [0.1, 0.15) is 33.1 Å². The fourth-order valence-electron chi connectivity index (χ4n) is 0.957. The maximum atomic E-state index is 11.3. The van der Waals surface area contributed by atoms with Crippen molar-refractivity contribution in [2.24, 2.45) is 11.7 Å². The van der Waals surface area contributed by atoms with Gasteiger partial charge in [-0.3, -0.25) is 4.79 Å². The van der Waals surface area contributed by atoms with Crippen molar-refractivity contribution in [3.8, 4) is 0 Å². The number of hydrogen-bond acceptors (Lipinski definition) is 2. The first-order valence-corrected chi connectivity index (χ1v) is 5.04. The second-order valence-corrected chi connectivity index (χ2v) is 3.74. The number of thiocarbonyl (C=S) groups is 1. The number of rotatable bonds is 6. The molecule has 3 nitrogen and oxygen atoms in total. The van der Waals surface area contributed by atoms with Crippen molar-refractivity contribution >= 4 is 23.1 Å². The summed E-state index contributed by atoms with van der Waals surface area (Å²) in [4.78, 5) is 11.7. The van der Waals surface area contributed by atoms with Gasteiger partial charge in [0.2, 0.25) is 5.91 Å². The molecule has 0 aromatic carbocycles. The zero-order valence-electron chi connectivity index (χ0n) is 8.30. The third-order valence-corrected chi connectivity index (χ3v) is 1.95. The lowest BCUT2D eigenvalue weighted by Crippen LogP contribution is -2.32. The molecule has 0 aliphatic carbocycles. The molecule has 0 aromatic heterocycles. The molecule has 0 bridgehead atoms. The van der Waals surface area contributed by atoms with Gasteiger partial charge in [0.1, 0.15) is 0 Å². The monoisotopic (exact) mass is 202 g/mol. The van der Waals surface area contributed by atoms with Gasteiger partial charge in [0.15, 0.2) is 0 Å². The van der Waals surface area contributed by atoms with E-state index in [0.717, 1.165) is 19.4 Å². The summed E-state index contributed by atoms with van der Waals surface area (Å²) in [5, 5.41) is 2.83. The smallest absolute Gasteiger partial charge is 0.223 e. The maximum Gasteiger partial charge on any atom is 0.223 e. The van der Waals surface area contributed by atoms with Crippen LogP contribution in [0.5, 0.6) is 0 Å². The molecule has 1 atom stereocenters. The average Bonchev–Trinajstić information content (AvgIpc) is 2.03. The fraction of sp³-hybridized carbons (Fsp3) is 0.778. The van der Waals surface area contributed by atoms with E-state index in [9.17, 15) is 4.79 Å². The van der Waals surface area contributed by atoms with Crippen LogP contribution in [0.4, 0.5) is 0 Å². The highest BCUT2D eigenvalue weighted by atomic mass is 32.1. The third-order valence-electron chi connectivity index (χ3n) is 1.78. The lowest BCUT2D eigenvalue weighted by atomic mass is 10.1. The molecule has 0 radical (unpaired) electrons. The molecule has 0 fully saturated rings. The minimum Gasteiger partial charge on any atom is -0.393 e. The molecule has 1 unspecified atom stereocenters. The topological polar surface area (TPSA) is 55.1 Å². The molecule has 0 aromatic rings. The minimum absolute atomic E-state index is 0.0428. The van der Waals surface area contributed by atoms with E-state index in [-0.39, 0.29) is 11.8 Å². The van der Waals surface area contributed by atoms with Crippen LogP contribution in [-0.4, -0.2) is 17.4 Å². The number of amides is 1. The van der Waals surface area contributed by atoms with Crippen LogP contribution in [0, 0.1) is 5.92 Å². The summed E-state index contributed by atoms with van der Waals surface area (Å²) in [6.45, 7) is 4.67. The van der Waals surface area contributed by atoms with E-state index >= 15 is 0 Å². The number of carbonyl (C=O) groups is 1. The summed E-state index contributed by atoms with van der Waals surface area (Å²) in [6, 6.07) is 0. The summed E-state index contributed by atoms with van der Waals surface area (Å²) in [6.07, 6.45) is 2.60. The minimum atomic E-state index is -0.102. The lowest BCUT2D eigenvalue weighted by molar-refractivity contribution is -0.124. The summed E-state index contributed by atoms with van der Waals surface area (Å²) in [7, 11) is 0. The van der Waals surface area contributed by atoms with Gasteiger partial charge in [0, 0.05) is 18.9 Å². The second kappa shape index (κ2) is 6.83. The Morgan fingerprint density at radius 3 is 2.69 bits per heavy atom. The van der Waals surface area contributed by atoms with Gasteiger partial charge in [-0.1, -0.05) is 32.5 Å². The molecule has 3 N–H and O–H groups in total. The number of nitrogens with two attached hydrogens (primary N) is 1. The van der Waals surface area contributed by atoms with Crippen molar-refractivity contribution in [3.05, 3.63) is 0 Å². The lowest BCUT2D eigenvalue weighted by Gasteiger charge is -2.10. The number of carbonyl (C=O) groups excluding carboxylic acids is 1. The van der Waals surface area contributed by atoms with E-state index < -0.39 is 0 Å². The molecular formula is C9H18N2OS. The van der Waals surface area contributed by atoms with Gasteiger partial charge in [-0.15, -0.1) is 0 Å². The molecule has 4 heteroatoms. The van der Waals surface area contributed by atoms with Crippen LogP contribution < -0.4 is 11.1 Å². The van der Waals surface area contributed by atoms with Crippen molar-refractivity contribution in [1.29, 1.82) is 0 Å². The van der Waals surface area contributed by atoms with E-state index in [1.165, 1.54) is 0 Å².